The fraction of sp³-hybridized carbons (Fsp3) is 0.333. The van der Waals surface area contributed by atoms with Crippen LogP contribution in [0.4, 0.5) is 5.82 Å². The lowest BCUT2D eigenvalue weighted by molar-refractivity contribution is 0.0250. The molecule has 1 fully saturated rings. The normalized spacial score (nSPS) is 15.6. The van der Waals surface area contributed by atoms with Gasteiger partial charge >= 0.3 is 5.97 Å². The molecule has 5 heteroatoms. The number of aromatic carboxylic acids is 1. The number of benzene rings is 1. The van der Waals surface area contributed by atoms with Gasteiger partial charge in [-0.25, -0.2) is 9.78 Å². The maximum absolute atomic E-state index is 11.0. The largest absolute Gasteiger partial charge is 0.478 e. The van der Waals surface area contributed by atoms with Crippen LogP contribution in [0.5, 0.6) is 0 Å². The van der Waals surface area contributed by atoms with Crippen LogP contribution in [0.2, 0.25) is 0 Å². The number of rotatable bonds is 5. The molecule has 120 valence electrons. The molecule has 0 amide bonds. The zero-order valence-electron chi connectivity index (χ0n) is 12.9. The van der Waals surface area contributed by atoms with E-state index in [4.69, 9.17) is 9.84 Å². The van der Waals surface area contributed by atoms with E-state index in [2.05, 4.69) is 22.0 Å². The summed E-state index contributed by atoms with van der Waals surface area (Å²) >= 11 is 0. The number of carboxylic acid groups (broad SMARTS) is 1. The van der Waals surface area contributed by atoms with E-state index in [0.29, 0.717) is 6.61 Å². The van der Waals surface area contributed by atoms with Gasteiger partial charge in [-0.1, -0.05) is 30.3 Å². The molecule has 1 saturated heterocycles. The number of pyridine rings is 1. The number of carboxylic acids is 1. The second-order valence-corrected chi connectivity index (χ2v) is 5.69. The molecule has 1 aromatic carbocycles. The molecular formula is C18H20N2O3. The minimum absolute atomic E-state index is 0.245. The van der Waals surface area contributed by atoms with Crippen LogP contribution in [-0.4, -0.2) is 35.3 Å². The van der Waals surface area contributed by atoms with Crippen molar-refractivity contribution in [2.24, 2.45) is 0 Å². The van der Waals surface area contributed by atoms with E-state index in [1.807, 2.05) is 18.2 Å². The molecule has 1 aliphatic heterocycles. The number of ether oxygens (including phenoxy) is 1. The molecular weight excluding hydrogens is 292 g/mol. The Morgan fingerprint density at radius 1 is 1.22 bits per heavy atom. The van der Waals surface area contributed by atoms with Gasteiger partial charge in [0.25, 0.3) is 0 Å². The van der Waals surface area contributed by atoms with Crippen molar-refractivity contribution in [2.45, 2.75) is 25.6 Å². The molecule has 2 heterocycles. The lowest BCUT2D eigenvalue weighted by Gasteiger charge is -2.32. The highest BCUT2D eigenvalue weighted by Crippen LogP contribution is 2.21. The fourth-order valence-corrected chi connectivity index (χ4v) is 2.76. The van der Waals surface area contributed by atoms with Crippen LogP contribution < -0.4 is 4.90 Å². The summed E-state index contributed by atoms with van der Waals surface area (Å²) in [5, 5.41) is 9.06. The Labute approximate surface area is 135 Å². The molecule has 0 radical (unpaired) electrons. The number of nitrogens with zero attached hydrogens (tertiary/aromatic N) is 2. The SMILES string of the molecule is O=C(O)c1ccnc(N2CCC(OCc3ccccc3)CC2)c1. The van der Waals surface area contributed by atoms with Gasteiger partial charge in [0.1, 0.15) is 5.82 Å². The van der Waals surface area contributed by atoms with Crippen LogP contribution in [0.3, 0.4) is 0 Å². The van der Waals surface area contributed by atoms with Gasteiger partial charge < -0.3 is 14.7 Å². The van der Waals surface area contributed by atoms with Crippen LogP contribution in [0.25, 0.3) is 0 Å². The predicted octanol–water partition coefficient (Wildman–Crippen LogP) is 2.97. The standard InChI is InChI=1S/C18H20N2O3/c21-18(22)15-6-9-19-17(12-15)20-10-7-16(8-11-20)23-13-14-4-2-1-3-5-14/h1-6,9,12,16H,7-8,10-11,13H2,(H,21,22). The van der Waals surface area contributed by atoms with Gasteiger partial charge in [-0.15, -0.1) is 0 Å². The molecule has 0 saturated carbocycles. The number of hydrogen-bond acceptors (Lipinski definition) is 4. The van der Waals surface area contributed by atoms with E-state index in [0.717, 1.165) is 31.7 Å². The second-order valence-electron chi connectivity index (χ2n) is 5.69. The third kappa shape index (κ3) is 4.07. The van der Waals surface area contributed by atoms with Gasteiger partial charge in [0, 0.05) is 19.3 Å². The zero-order valence-corrected chi connectivity index (χ0v) is 12.9. The van der Waals surface area contributed by atoms with Crippen molar-refractivity contribution >= 4 is 11.8 Å². The van der Waals surface area contributed by atoms with Crippen molar-refractivity contribution in [3.05, 3.63) is 59.8 Å². The van der Waals surface area contributed by atoms with Crippen LogP contribution >= 0.6 is 0 Å². The van der Waals surface area contributed by atoms with Crippen molar-refractivity contribution in [3.63, 3.8) is 0 Å². The maximum atomic E-state index is 11.0. The highest BCUT2D eigenvalue weighted by Gasteiger charge is 2.21. The predicted molar refractivity (Wildman–Crippen MR) is 87.7 cm³/mol. The van der Waals surface area contributed by atoms with Crippen LogP contribution in [0, 0.1) is 0 Å². The van der Waals surface area contributed by atoms with Gasteiger partial charge in [-0.05, 0) is 30.5 Å². The second kappa shape index (κ2) is 7.24. The summed E-state index contributed by atoms with van der Waals surface area (Å²) in [6.45, 7) is 2.29. The van der Waals surface area contributed by atoms with E-state index < -0.39 is 5.97 Å². The highest BCUT2D eigenvalue weighted by molar-refractivity contribution is 5.88. The summed E-state index contributed by atoms with van der Waals surface area (Å²) in [4.78, 5) is 17.4. The van der Waals surface area contributed by atoms with Crippen molar-refractivity contribution in [1.29, 1.82) is 0 Å². The topological polar surface area (TPSA) is 62.7 Å². The van der Waals surface area contributed by atoms with Crippen LogP contribution in [0.15, 0.2) is 48.7 Å². The summed E-state index contributed by atoms with van der Waals surface area (Å²) < 4.78 is 5.97. The lowest BCUT2D eigenvalue weighted by atomic mass is 10.1. The molecule has 1 aliphatic rings. The van der Waals surface area contributed by atoms with Gasteiger partial charge in [0.15, 0.2) is 0 Å². The summed E-state index contributed by atoms with van der Waals surface area (Å²) in [5.74, 6) is -0.193. The Hall–Kier alpha value is -2.40. The van der Waals surface area contributed by atoms with Gasteiger partial charge in [-0.2, -0.15) is 0 Å². The minimum atomic E-state index is -0.922. The molecule has 0 aliphatic carbocycles. The molecule has 23 heavy (non-hydrogen) atoms. The Morgan fingerprint density at radius 2 is 1.96 bits per heavy atom. The summed E-state index contributed by atoms with van der Waals surface area (Å²) in [5.41, 5.74) is 1.46. The first kappa shape index (κ1) is 15.5. The molecule has 0 unspecified atom stereocenters. The summed E-state index contributed by atoms with van der Waals surface area (Å²) in [6.07, 6.45) is 3.64. The third-order valence-corrected chi connectivity index (χ3v) is 4.09. The maximum Gasteiger partial charge on any atom is 0.335 e. The van der Waals surface area contributed by atoms with Crippen molar-refractivity contribution in [2.75, 3.05) is 18.0 Å². The third-order valence-electron chi connectivity index (χ3n) is 4.09. The minimum Gasteiger partial charge on any atom is -0.478 e. The van der Waals surface area contributed by atoms with Crippen molar-refractivity contribution in [3.8, 4) is 0 Å². The molecule has 0 bridgehead atoms. The zero-order chi connectivity index (χ0) is 16.1. The van der Waals surface area contributed by atoms with E-state index in [9.17, 15) is 4.79 Å². The first-order valence-corrected chi connectivity index (χ1v) is 7.82. The van der Waals surface area contributed by atoms with E-state index in [1.165, 1.54) is 11.6 Å². The van der Waals surface area contributed by atoms with Crippen molar-refractivity contribution < 1.29 is 14.6 Å². The Bertz CT molecular complexity index is 652. The molecule has 2 aromatic rings. The molecule has 1 aromatic heterocycles. The molecule has 0 spiro atoms. The van der Waals surface area contributed by atoms with E-state index in [1.54, 1.807) is 12.3 Å². The highest BCUT2D eigenvalue weighted by atomic mass is 16.5. The molecule has 1 N–H and O–H groups in total. The average molecular weight is 312 g/mol. The van der Waals surface area contributed by atoms with E-state index in [-0.39, 0.29) is 11.7 Å². The summed E-state index contributed by atoms with van der Waals surface area (Å²) in [6, 6.07) is 13.3. The monoisotopic (exact) mass is 312 g/mol. The first-order valence-electron chi connectivity index (χ1n) is 7.82. The quantitative estimate of drug-likeness (QED) is 0.919. The van der Waals surface area contributed by atoms with Gasteiger partial charge in [0.2, 0.25) is 0 Å². The van der Waals surface area contributed by atoms with Crippen molar-refractivity contribution in [1.82, 2.24) is 4.98 Å². The number of hydrogen-bond donors (Lipinski definition) is 1. The first-order chi connectivity index (χ1) is 11.2. The van der Waals surface area contributed by atoms with Gasteiger partial charge in [-0.3, -0.25) is 0 Å². The lowest BCUT2D eigenvalue weighted by Crippen LogP contribution is -2.37. The molecule has 0 atom stereocenters. The fourth-order valence-electron chi connectivity index (χ4n) is 2.76. The van der Waals surface area contributed by atoms with Crippen LogP contribution in [0.1, 0.15) is 28.8 Å². The average Bonchev–Trinajstić information content (AvgIpc) is 2.61. The smallest absolute Gasteiger partial charge is 0.335 e. The Kier molecular flexibility index (Phi) is 4.88. The van der Waals surface area contributed by atoms with Crippen LogP contribution in [-0.2, 0) is 11.3 Å². The number of piperidine rings is 1. The summed E-state index contributed by atoms with van der Waals surface area (Å²) in [7, 11) is 0. The Balaban J connectivity index is 1.52. The molecule has 5 nitrogen and oxygen atoms in total. The number of anilines is 1. The number of aromatic nitrogens is 1. The van der Waals surface area contributed by atoms with E-state index >= 15 is 0 Å². The molecule has 3 rings (SSSR count). The van der Waals surface area contributed by atoms with Gasteiger partial charge in [0.05, 0.1) is 18.3 Å². The number of carbonyl (C=O) groups is 1. The Morgan fingerprint density at radius 3 is 2.65 bits per heavy atom.